The molecule has 0 bridgehead atoms. The number of aryl methyl sites for hydroxylation is 1. The molecule has 0 aliphatic heterocycles. The highest BCUT2D eigenvalue weighted by molar-refractivity contribution is 5.23. The van der Waals surface area contributed by atoms with Crippen LogP contribution >= 0.6 is 0 Å². The van der Waals surface area contributed by atoms with Crippen molar-refractivity contribution in [1.29, 1.82) is 0 Å². The van der Waals surface area contributed by atoms with E-state index in [-0.39, 0.29) is 17.4 Å². The lowest BCUT2D eigenvalue weighted by molar-refractivity contribution is -0.0538. The lowest BCUT2D eigenvalue weighted by Gasteiger charge is -2.32. The van der Waals surface area contributed by atoms with E-state index in [1.165, 1.54) is 23.3 Å². The smallest absolute Gasteiger partial charge is 0.288 e. The summed E-state index contributed by atoms with van der Waals surface area (Å²) in [4.78, 5) is 0. The number of rotatable bonds is 8. The first kappa shape index (κ1) is 19.5. The Kier molecular flexibility index (Phi) is 6.68. The summed E-state index contributed by atoms with van der Waals surface area (Å²) in [5.41, 5.74) is 8.34. The molecule has 2 rings (SSSR count). The van der Waals surface area contributed by atoms with Gasteiger partial charge in [0.2, 0.25) is 0 Å². The summed E-state index contributed by atoms with van der Waals surface area (Å²) in [6.45, 7) is 7.20. The fraction of sp³-hybridized carbons (Fsp3) is 0.429. The van der Waals surface area contributed by atoms with E-state index in [4.69, 9.17) is 5.73 Å². The van der Waals surface area contributed by atoms with E-state index in [9.17, 15) is 8.78 Å². The maximum Gasteiger partial charge on any atom is 0.288 e. The molecule has 0 aromatic heterocycles. The van der Waals surface area contributed by atoms with Crippen molar-refractivity contribution in [2.24, 2.45) is 17.6 Å². The molecule has 0 heterocycles. The molecule has 0 spiro atoms. The third kappa shape index (κ3) is 5.10. The zero-order valence-corrected chi connectivity index (χ0v) is 15.2. The molecule has 0 amide bonds. The van der Waals surface area contributed by atoms with Crippen LogP contribution in [-0.2, 0) is 12.5 Å². The standard InChI is InChI=1S/C21H28F2N2/c1-15-8-7-9-18(12-15)14-25-13-16(2)17(3)20(24)21(22,23)19-10-5-4-6-11-19/h4-12,16-17,20,25H,13-14,24H2,1-3H3. The van der Waals surface area contributed by atoms with Gasteiger partial charge in [0.25, 0.3) is 5.92 Å². The molecule has 4 heteroatoms. The van der Waals surface area contributed by atoms with Gasteiger partial charge in [-0.1, -0.05) is 74.0 Å². The lowest BCUT2D eigenvalue weighted by atomic mass is 9.83. The minimum Gasteiger partial charge on any atom is -0.322 e. The van der Waals surface area contributed by atoms with Gasteiger partial charge in [-0.15, -0.1) is 0 Å². The van der Waals surface area contributed by atoms with Crippen molar-refractivity contribution in [2.45, 2.75) is 39.3 Å². The topological polar surface area (TPSA) is 38.0 Å². The van der Waals surface area contributed by atoms with E-state index < -0.39 is 12.0 Å². The van der Waals surface area contributed by atoms with Gasteiger partial charge >= 0.3 is 0 Å². The van der Waals surface area contributed by atoms with E-state index in [0.717, 1.165) is 6.54 Å². The fourth-order valence-electron chi connectivity index (χ4n) is 2.99. The van der Waals surface area contributed by atoms with Gasteiger partial charge in [-0.3, -0.25) is 0 Å². The molecule has 0 saturated carbocycles. The Morgan fingerprint density at radius 2 is 1.72 bits per heavy atom. The zero-order chi connectivity index (χ0) is 18.4. The minimum atomic E-state index is -3.04. The molecule has 0 radical (unpaired) electrons. The van der Waals surface area contributed by atoms with Crippen LogP contribution in [0.5, 0.6) is 0 Å². The quantitative estimate of drug-likeness (QED) is 0.740. The van der Waals surface area contributed by atoms with E-state index in [0.29, 0.717) is 6.54 Å². The molecule has 2 aromatic carbocycles. The summed E-state index contributed by atoms with van der Waals surface area (Å²) in [6, 6.07) is 14.9. The molecular formula is C21H28F2N2. The number of halogens is 2. The first-order valence-corrected chi connectivity index (χ1v) is 8.77. The van der Waals surface area contributed by atoms with Crippen LogP contribution in [0.25, 0.3) is 0 Å². The van der Waals surface area contributed by atoms with Crippen LogP contribution in [0, 0.1) is 18.8 Å². The van der Waals surface area contributed by atoms with Gasteiger partial charge in [0, 0.05) is 12.1 Å². The van der Waals surface area contributed by atoms with E-state index >= 15 is 0 Å². The first-order valence-electron chi connectivity index (χ1n) is 8.77. The minimum absolute atomic E-state index is 0.0192. The average Bonchev–Trinajstić information content (AvgIpc) is 2.61. The highest BCUT2D eigenvalue weighted by atomic mass is 19.3. The SMILES string of the molecule is Cc1cccc(CNCC(C)C(C)C(N)C(F)(F)c2ccccc2)c1. The molecule has 25 heavy (non-hydrogen) atoms. The van der Waals surface area contributed by atoms with E-state index in [1.807, 2.05) is 13.0 Å². The molecule has 3 atom stereocenters. The van der Waals surface area contributed by atoms with Crippen molar-refractivity contribution >= 4 is 0 Å². The maximum absolute atomic E-state index is 14.6. The highest BCUT2D eigenvalue weighted by Gasteiger charge is 2.43. The van der Waals surface area contributed by atoms with Crippen LogP contribution in [0.1, 0.15) is 30.5 Å². The second kappa shape index (κ2) is 8.54. The Hall–Kier alpha value is -1.78. The predicted octanol–water partition coefficient (Wildman–Crippen LogP) is 4.48. The Morgan fingerprint density at radius 3 is 2.36 bits per heavy atom. The average molecular weight is 346 g/mol. The second-order valence-corrected chi connectivity index (χ2v) is 6.97. The molecule has 3 unspecified atom stereocenters. The van der Waals surface area contributed by atoms with Gasteiger partial charge in [0.05, 0.1) is 6.04 Å². The van der Waals surface area contributed by atoms with Crippen molar-refractivity contribution in [3.63, 3.8) is 0 Å². The van der Waals surface area contributed by atoms with Crippen LogP contribution in [0.4, 0.5) is 8.78 Å². The second-order valence-electron chi connectivity index (χ2n) is 6.97. The first-order chi connectivity index (χ1) is 11.8. The molecule has 0 fully saturated rings. The van der Waals surface area contributed by atoms with Crippen LogP contribution < -0.4 is 11.1 Å². The highest BCUT2D eigenvalue weighted by Crippen LogP contribution is 2.35. The van der Waals surface area contributed by atoms with Crippen LogP contribution in [0.3, 0.4) is 0 Å². The van der Waals surface area contributed by atoms with Crippen LogP contribution in [-0.4, -0.2) is 12.6 Å². The Bertz CT molecular complexity index is 658. The van der Waals surface area contributed by atoms with Gasteiger partial charge in [-0.05, 0) is 30.9 Å². The molecule has 136 valence electrons. The number of hydrogen-bond acceptors (Lipinski definition) is 2. The Labute approximate surface area is 149 Å². The van der Waals surface area contributed by atoms with Gasteiger partial charge in [-0.2, -0.15) is 8.78 Å². The van der Waals surface area contributed by atoms with Crippen molar-refractivity contribution in [2.75, 3.05) is 6.54 Å². The monoisotopic (exact) mass is 346 g/mol. The summed E-state index contributed by atoms with van der Waals surface area (Å²) in [6.07, 6.45) is 0. The molecule has 0 saturated heterocycles. The van der Waals surface area contributed by atoms with Gasteiger partial charge in [0.15, 0.2) is 0 Å². The molecule has 0 aliphatic rings. The molecular weight excluding hydrogens is 318 g/mol. The number of alkyl halides is 2. The molecule has 2 aromatic rings. The third-order valence-corrected chi connectivity index (χ3v) is 4.92. The largest absolute Gasteiger partial charge is 0.322 e. The van der Waals surface area contributed by atoms with Crippen molar-refractivity contribution in [1.82, 2.24) is 5.32 Å². The maximum atomic E-state index is 14.6. The Morgan fingerprint density at radius 1 is 1.04 bits per heavy atom. The molecule has 0 aliphatic carbocycles. The molecule has 3 N–H and O–H groups in total. The summed E-state index contributed by atoms with van der Waals surface area (Å²) >= 11 is 0. The summed E-state index contributed by atoms with van der Waals surface area (Å²) in [7, 11) is 0. The van der Waals surface area contributed by atoms with E-state index in [1.54, 1.807) is 25.1 Å². The Balaban J connectivity index is 1.91. The van der Waals surface area contributed by atoms with Crippen LogP contribution in [0.2, 0.25) is 0 Å². The summed E-state index contributed by atoms with van der Waals surface area (Å²) < 4.78 is 29.3. The zero-order valence-electron chi connectivity index (χ0n) is 15.2. The van der Waals surface area contributed by atoms with Crippen molar-refractivity contribution in [3.8, 4) is 0 Å². The summed E-state index contributed by atoms with van der Waals surface area (Å²) in [5.74, 6) is -3.32. The van der Waals surface area contributed by atoms with Crippen molar-refractivity contribution < 1.29 is 8.78 Å². The van der Waals surface area contributed by atoms with Crippen LogP contribution in [0.15, 0.2) is 54.6 Å². The number of hydrogen-bond donors (Lipinski definition) is 2. The number of nitrogens with two attached hydrogens (primary N) is 1. The van der Waals surface area contributed by atoms with E-state index in [2.05, 4.69) is 30.4 Å². The van der Waals surface area contributed by atoms with Gasteiger partial charge < -0.3 is 11.1 Å². The fourth-order valence-corrected chi connectivity index (χ4v) is 2.99. The number of benzene rings is 2. The normalized spacial score (nSPS) is 15.6. The van der Waals surface area contributed by atoms with Gasteiger partial charge in [-0.25, -0.2) is 0 Å². The lowest BCUT2D eigenvalue weighted by Crippen LogP contribution is -2.47. The predicted molar refractivity (Wildman–Crippen MR) is 99.5 cm³/mol. The number of nitrogens with one attached hydrogen (secondary N) is 1. The van der Waals surface area contributed by atoms with Crippen molar-refractivity contribution in [3.05, 3.63) is 71.3 Å². The molecule has 2 nitrogen and oxygen atoms in total. The van der Waals surface area contributed by atoms with Gasteiger partial charge in [0.1, 0.15) is 0 Å². The summed E-state index contributed by atoms with van der Waals surface area (Å²) in [5, 5.41) is 3.36. The third-order valence-electron chi connectivity index (χ3n) is 4.92.